The fourth-order valence-electron chi connectivity index (χ4n) is 3.14. The van der Waals surface area contributed by atoms with Crippen LogP contribution in [-0.4, -0.2) is 20.0 Å². The molecule has 0 saturated heterocycles. The van der Waals surface area contributed by atoms with Gasteiger partial charge in [0.1, 0.15) is 21.4 Å². The van der Waals surface area contributed by atoms with E-state index < -0.39 is 17.2 Å². The zero-order valence-electron chi connectivity index (χ0n) is 15.2. The van der Waals surface area contributed by atoms with E-state index in [1.165, 1.54) is 10.9 Å². The number of benzene rings is 2. The maximum atomic E-state index is 13.3. The summed E-state index contributed by atoms with van der Waals surface area (Å²) in [5.41, 5.74) is 4.86. The lowest BCUT2D eigenvalue weighted by Gasteiger charge is -2.28. The minimum atomic E-state index is -4.58. The van der Waals surface area contributed by atoms with Gasteiger partial charge in [0.15, 0.2) is 0 Å². The molecule has 0 aliphatic carbocycles. The largest absolute Gasteiger partial charge is 0.416 e. The van der Waals surface area contributed by atoms with Crippen molar-refractivity contribution in [1.29, 1.82) is 5.26 Å². The molecule has 29 heavy (non-hydrogen) atoms. The lowest BCUT2D eigenvalue weighted by Crippen LogP contribution is -2.33. The van der Waals surface area contributed by atoms with E-state index in [9.17, 15) is 18.4 Å². The van der Waals surface area contributed by atoms with Crippen LogP contribution in [-0.2, 0) is 18.1 Å². The summed E-state index contributed by atoms with van der Waals surface area (Å²) >= 11 is 11.0. The van der Waals surface area contributed by atoms with E-state index in [0.717, 1.165) is 12.1 Å². The molecular weight excluding hydrogens is 423 g/mol. The van der Waals surface area contributed by atoms with Crippen molar-refractivity contribution in [3.05, 3.63) is 58.1 Å². The van der Waals surface area contributed by atoms with Crippen LogP contribution in [0.1, 0.15) is 30.0 Å². The fraction of sp³-hybridized carbons (Fsp3) is 0.263. The molecule has 0 fully saturated rings. The van der Waals surface area contributed by atoms with E-state index in [1.807, 2.05) is 0 Å². The van der Waals surface area contributed by atoms with Gasteiger partial charge in [-0.3, -0.25) is 0 Å². The number of thiocarbonyl (C=S) groups is 1. The third kappa shape index (κ3) is 4.04. The highest BCUT2D eigenvalue weighted by Crippen LogP contribution is 2.37. The van der Waals surface area contributed by atoms with Gasteiger partial charge < -0.3 is 5.73 Å². The van der Waals surface area contributed by atoms with Crippen molar-refractivity contribution in [3.8, 4) is 6.07 Å². The third-order valence-electron chi connectivity index (χ3n) is 4.74. The Hall–Kier alpha value is -2.70. The van der Waals surface area contributed by atoms with Crippen molar-refractivity contribution in [1.82, 2.24) is 15.0 Å². The van der Waals surface area contributed by atoms with Crippen LogP contribution in [0.4, 0.5) is 13.2 Å². The van der Waals surface area contributed by atoms with Crippen LogP contribution in [0, 0.1) is 11.3 Å². The molecule has 0 saturated carbocycles. The maximum Gasteiger partial charge on any atom is 0.416 e. The molecule has 2 aromatic carbocycles. The second kappa shape index (κ2) is 7.61. The molecule has 5 nitrogen and oxygen atoms in total. The topological polar surface area (TPSA) is 80.5 Å². The Labute approximate surface area is 174 Å². The number of alkyl halides is 3. The number of fused-ring (bicyclic) bond motifs is 1. The zero-order chi connectivity index (χ0) is 21.4. The average Bonchev–Trinajstić information content (AvgIpc) is 3.06. The molecule has 3 rings (SSSR count). The van der Waals surface area contributed by atoms with Crippen LogP contribution in [0.3, 0.4) is 0 Å². The number of rotatable bonds is 5. The second-order valence-electron chi connectivity index (χ2n) is 6.53. The smallest absolute Gasteiger partial charge is 0.389 e. The quantitative estimate of drug-likeness (QED) is 0.589. The number of nitrogens with two attached hydrogens (primary N) is 1. The molecule has 0 spiro atoms. The average molecular weight is 438 g/mol. The Balaban J connectivity index is 2.17. The lowest BCUT2D eigenvalue weighted by atomic mass is 9.76. The second-order valence-corrected chi connectivity index (χ2v) is 7.41. The minimum absolute atomic E-state index is 0.0801. The first-order valence-electron chi connectivity index (χ1n) is 8.53. The van der Waals surface area contributed by atoms with Crippen molar-refractivity contribution in [2.45, 2.75) is 31.5 Å². The number of aromatic nitrogens is 3. The van der Waals surface area contributed by atoms with Crippen molar-refractivity contribution in [2.75, 3.05) is 0 Å². The molecule has 10 heteroatoms. The molecule has 3 aromatic rings. The normalized spacial score (nSPS) is 13.8. The Kier molecular flexibility index (Phi) is 5.52. The summed E-state index contributed by atoms with van der Waals surface area (Å²) in [6, 6.07) is 10.1. The minimum Gasteiger partial charge on any atom is -0.389 e. The number of nitrogens with zero attached hydrogens (tertiary/aromatic N) is 4. The number of hydrogen-bond acceptors (Lipinski definition) is 4. The van der Waals surface area contributed by atoms with E-state index in [2.05, 4.69) is 16.3 Å². The SMILES string of the molecule is CCC(C#N)(Cn1nc2ccc(Cl)cc2n1)c1cc(C(F)(F)F)ccc1C(N)=S. The Morgan fingerprint density at radius 2 is 1.90 bits per heavy atom. The highest BCUT2D eigenvalue weighted by Gasteiger charge is 2.38. The summed E-state index contributed by atoms with van der Waals surface area (Å²) in [7, 11) is 0. The summed E-state index contributed by atoms with van der Waals surface area (Å²) in [5.74, 6) is 0. The van der Waals surface area contributed by atoms with Crippen molar-refractivity contribution in [3.63, 3.8) is 0 Å². The Morgan fingerprint density at radius 3 is 2.48 bits per heavy atom. The van der Waals surface area contributed by atoms with Gasteiger partial charge in [-0.25, -0.2) is 0 Å². The first-order chi connectivity index (χ1) is 13.6. The fourth-order valence-corrected chi connectivity index (χ4v) is 3.48. The molecule has 0 bridgehead atoms. The van der Waals surface area contributed by atoms with Crippen LogP contribution < -0.4 is 5.73 Å². The molecular formula is C19H15ClF3N5S. The third-order valence-corrected chi connectivity index (χ3v) is 5.20. The zero-order valence-corrected chi connectivity index (χ0v) is 16.7. The van der Waals surface area contributed by atoms with Gasteiger partial charge in [0.25, 0.3) is 0 Å². The molecule has 1 heterocycles. The van der Waals surface area contributed by atoms with Gasteiger partial charge >= 0.3 is 6.18 Å². The van der Waals surface area contributed by atoms with Crippen LogP contribution in [0.25, 0.3) is 11.0 Å². The maximum absolute atomic E-state index is 13.3. The van der Waals surface area contributed by atoms with Crippen LogP contribution in [0.5, 0.6) is 0 Å². The van der Waals surface area contributed by atoms with E-state index in [1.54, 1.807) is 25.1 Å². The van der Waals surface area contributed by atoms with Gasteiger partial charge in [0, 0.05) is 10.6 Å². The standard InChI is InChI=1S/C19H15ClF3N5S/c1-2-18(9-24,10-28-26-15-6-4-12(20)8-16(15)27-28)14-7-11(19(21,22)23)3-5-13(14)17(25)29/h3-8H,2,10H2,1H3,(H2,25,29). The molecule has 0 aliphatic rings. The summed E-state index contributed by atoms with van der Waals surface area (Å²) in [6.07, 6.45) is -4.38. The van der Waals surface area contributed by atoms with Crippen molar-refractivity contribution in [2.24, 2.45) is 5.73 Å². The number of nitriles is 1. The first kappa shape index (κ1) is 21.0. The predicted molar refractivity (Wildman–Crippen MR) is 107 cm³/mol. The molecule has 0 amide bonds. The number of hydrogen-bond donors (Lipinski definition) is 1. The highest BCUT2D eigenvalue weighted by molar-refractivity contribution is 7.80. The van der Waals surface area contributed by atoms with Gasteiger partial charge in [-0.2, -0.15) is 33.4 Å². The van der Waals surface area contributed by atoms with Gasteiger partial charge in [-0.1, -0.05) is 36.8 Å². The van der Waals surface area contributed by atoms with E-state index in [0.29, 0.717) is 16.1 Å². The summed E-state index contributed by atoms with van der Waals surface area (Å²) in [4.78, 5) is 1.20. The van der Waals surface area contributed by atoms with Crippen molar-refractivity contribution < 1.29 is 13.2 Å². The first-order valence-corrected chi connectivity index (χ1v) is 9.31. The van der Waals surface area contributed by atoms with Crippen LogP contribution >= 0.6 is 23.8 Å². The van der Waals surface area contributed by atoms with Gasteiger partial charge in [-0.05, 0) is 42.3 Å². The van der Waals surface area contributed by atoms with Gasteiger partial charge in [0.05, 0.1) is 18.2 Å². The van der Waals surface area contributed by atoms with Crippen molar-refractivity contribution >= 4 is 39.8 Å². The van der Waals surface area contributed by atoms with Gasteiger partial charge in [-0.15, -0.1) is 0 Å². The highest BCUT2D eigenvalue weighted by atomic mass is 35.5. The van der Waals surface area contributed by atoms with Crippen LogP contribution in [0.2, 0.25) is 5.02 Å². The van der Waals surface area contributed by atoms with Gasteiger partial charge in [0.2, 0.25) is 0 Å². The summed E-state index contributed by atoms with van der Waals surface area (Å²) in [6.45, 7) is 1.62. The summed E-state index contributed by atoms with van der Waals surface area (Å²) in [5, 5.41) is 19.1. The van der Waals surface area contributed by atoms with Crippen LogP contribution in [0.15, 0.2) is 36.4 Å². The van der Waals surface area contributed by atoms with E-state index in [-0.39, 0.29) is 29.1 Å². The Morgan fingerprint density at radius 1 is 1.21 bits per heavy atom. The monoisotopic (exact) mass is 437 g/mol. The Bertz CT molecular complexity index is 1140. The lowest BCUT2D eigenvalue weighted by molar-refractivity contribution is -0.137. The van der Waals surface area contributed by atoms with E-state index in [4.69, 9.17) is 29.6 Å². The van der Waals surface area contributed by atoms with E-state index >= 15 is 0 Å². The molecule has 1 aromatic heterocycles. The molecule has 150 valence electrons. The number of halogens is 4. The molecule has 0 radical (unpaired) electrons. The molecule has 1 atom stereocenters. The molecule has 2 N–H and O–H groups in total. The predicted octanol–water partition coefficient (Wildman–Crippen LogP) is 4.61. The molecule has 0 aliphatic heterocycles. The summed E-state index contributed by atoms with van der Waals surface area (Å²) < 4.78 is 39.9. The molecule has 1 unspecified atom stereocenters.